The van der Waals surface area contributed by atoms with Crippen molar-refractivity contribution in [3.05, 3.63) is 59.7 Å². The van der Waals surface area contributed by atoms with Crippen molar-refractivity contribution in [1.82, 2.24) is 4.31 Å². The molecule has 1 heterocycles. The van der Waals surface area contributed by atoms with Gasteiger partial charge in [0.15, 0.2) is 0 Å². The summed E-state index contributed by atoms with van der Waals surface area (Å²) in [4.78, 5) is 4.57. The van der Waals surface area contributed by atoms with Crippen LogP contribution < -0.4 is 0 Å². The molecule has 2 aromatic rings. The van der Waals surface area contributed by atoms with Gasteiger partial charge in [-0.15, -0.1) is 0 Å². The van der Waals surface area contributed by atoms with Gasteiger partial charge in [0.25, 0.3) is 0 Å². The highest BCUT2D eigenvalue weighted by Crippen LogP contribution is 2.18. The molecular weight excluding hydrogens is 340 g/mol. The zero-order chi connectivity index (χ0) is 17.7. The Bertz CT molecular complexity index is 842. The van der Waals surface area contributed by atoms with Gasteiger partial charge in [0, 0.05) is 24.9 Å². The Labute approximate surface area is 147 Å². The molecule has 1 aliphatic rings. The molecule has 0 amide bonds. The zero-order valence-corrected chi connectivity index (χ0v) is 14.5. The number of ether oxygens (including phenoxy) is 1. The highest BCUT2D eigenvalue weighted by Gasteiger charge is 2.25. The van der Waals surface area contributed by atoms with Gasteiger partial charge in [-0.3, -0.25) is 4.99 Å². The van der Waals surface area contributed by atoms with Crippen molar-refractivity contribution in [2.24, 2.45) is 4.99 Å². The fourth-order valence-electron chi connectivity index (χ4n) is 2.55. The maximum Gasteiger partial charge on any atom is 0.243 e. The molecule has 25 heavy (non-hydrogen) atoms. The lowest BCUT2D eigenvalue weighted by Gasteiger charge is -2.26. The number of phenols is 1. The average Bonchev–Trinajstić information content (AvgIpc) is 2.64. The van der Waals surface area contributed by atoms with Crippen molar-refractivity contribution in [3.63, 3.8) is 0 Å². The van der Waals surface area contributed by atoms with Crippen LogP contribution in [-0.2, 0) is 21.3 Å². The summed E-state index contributed by atoms with van der Waals surface area (Å²) in [6, 6.07) is 13.7. The third-order valence-electron chi connectivity index (χ3n) is 3.97. The van der Waals surface area contributed by atoms with Crippen LogP contribution in [0.5, 0.6) is 5.75 Å². The van der Waals surface area contributed by atoms with E-state index in [0.29, 0.717) is 38.4 Å². The van der Waals surface area contributed by atoms with Crippen LogP contribution in [0.15, 0.2) is 58.4 Å². The predicted molar refractivity (Wildman–Crippen MR) is 95.4 cm³/mol. The van der Waals surface area contributed by atoms with Crippen molar-refractivity contribution >= 4 is 16.2 Å². The Morgan fingerprint density at radius 1 is 1.08 bits per heavy atom. The topological polar surface area (TPSA) is 79.2 Å². The summed E-state index contributed by atoms with van der Waals surface area (Å²) in [6.07, 6.45) is 1.60. The van der Waals surface area contributed by atoms with Crippen LogP contribution in [-0.4, -0.2) is 50.3 Å². The van der Waals surface area contributed by atoms with Crippen LogP contribution >= 0.6 is 0 Å². The number of rotatable bonds is 5. The lowest BCUT2D eigenvalue weighted by molar-refractivity contribution is 0.0730. The molecule has 7 heteroatoms. The largest absolute Gasteiger partial charge is 0.507 e. The normalized spacial score (nSPS) is 16.3. The van der Waals surface area contributed by atoms with Gasteiger partial charge >= 0.3 is 0 Å². The lowest BCUT2D eigenvalue weighted by atomic mass is 10.2. The van der Waals surface area contributed by atoms with Crippen LogP contribution in [0.4, 0.5) is 0 Å². The van der Waals surface area contributed by atoms with Crippen LogP contribution in [0.3, 0.4) is 0 Å². The molecule has 0 bridgehead atoms. The molecule has 1 saturated heterocycles. The SMILES string of the molecule is O=S(=O)(c1ccc(CN=Cc2ccccc2O)cc1)N1CCOCC1. The second-order valence-electron chi connectivity index (χ2n) is 5.69. The summed E-state index contributed by atoms with van der Waals surface area (Å²) >= 11 is 0. The number of hydrogen-bond donors (Lipinski definition) is 1. The summed E-state index contributed by atoms with van der Waals surface area (Å²) in [6.45, 7) is 2.03. The fraction of sp³-hybridized carbons (Fsp3) is 0.278. The molecule has 1 N–H and O–H groups in total. The third-order valence-corrected chi connectivity index (χ3v) is 5.89. The summed E-state index contributed by atoms with van der Waals surface area (Å²) in [5.41, 5.74) is 1.54. The maximum atomic E-state index is 12.5. The molecule has 0 saturated carbocycles. The zero-order valence-electron chi connectivity index (χ0n) is 13.7. The van der Waals surface area contributed by atoms with Crippen molar-refractivity contribution < 1.29 is 18.3 Å². The Hall–Kier alpha value is -2.22. The molecule has 132 valence electrons. The molecule has 1 fully saturated rings. The van der Waals surface area contributed by atoms with E-state index in [4.69, 9.17) is 4.74 Å². The van der Waals surface area contributed by atoms with Crippen molar-refractivity contribution in [2.45, 2.75) is 11.4 Å². The number of phenolic OH excluding ortho intramolecular Hbond substituents is 1. The van der Waals surface area contributed by atoms with E-state index in [2.05, 4.69) is 4.99 Å². The highest BCUT2D eigenvalue weighted by molar-refractivity contribution is 7.89. The van der Waals surface area contributed by atoms with E-state index in [1.807, 2.05) is 6.07 Å². The minimum Gasteiger partial charge on any atom is -0.507 e. The first kappa shape index (κ1) is 17.6. The highest BCUT2D eigenvalue weighted by atomic mass is 32.2. The summed E-state index contributed by atoms with van der Waals surface area (Å²) in [5.74, 6) is 0.179. The van der Waals surface area contributed by atoms with E-state index >= 15 is 0 Å². The number of sulfonamides is 1. The van der Waals surface area contributed by atoms with Gasteiger partial charge in [0.05, 0.1) is 24.7 Å². The van der Waals surface area contributed by atoms with Gasteiger partial charge in [-0.1, -0.05) is 24.3 Å². The van der Waals surface area contributed by atoms with Gasteiger partial charge in [-0.2, -0.15) is 4.31 Å². The monoisotopic (exact) mass is 360 g/mol. The van der Waals surface area contributed by atoms with Crippen molar-refractivity contribution in [1.29, 1.82) is 0 Å². The Morgan fingerprint density at radius 2 is 1.76 bits per heavy atom. The molecule has 0 aromatic heterocycles. The number of para-hydroxylation sites is 1. The number of benzene rings is 2. The first-order valence-electron chi connectivity index (χ1n) is 8.02. The molecule has 0 radical (unpaired) electrons. The second-order valence-corrected chi connectivity index (χ2v) is 7.63. The quantitative estimate of drug-likeness (QED) is 0.828. The van der Waals surface area contributed by atoms with E-state index in [1.54, 1.807) is 48.7 Å². The lowest BCUT2D eigenvalue weighted by Crippen LogP contribution is -2.40. The third kappa shape index (κ3) is 4.25. The minimum atomic E-state index is -3.47. The summed E-state index contributed by atoms with van der Waals surface area (Å²) in [7, 11) is -3.47. The molecule has 3 rings (SSSR count). The molecule has 0 aliphatic carbocycles. The fourth-order valence-corrected chi connectivity index (χ4v) is 3.96. The number of aromatic hydroxyl groups is 1. The van der Waals surface area contributed by atoms with Crippen LogP contribution in [0.25, 0.3) is 0 Å². The molecule has 2 aromatic carbocycles. The maximum absolute atomic E-state index is 12.5. The summed E-state index contributed by atoms with van der Waals surface area (Å²) in [5, 5.41) is 9.69. The number of morpholine rings is 1. The first-order chi connectivity index (χ1) is 12.1. The van der Waals surface area contributed by atoms with Gasteiger partial charge < -0.3 is 9.84 Å². The second kappa shape index (κ2) is 7.77. The molecule has 1 aliphatic heterocycles. The number of hydrogen-bond acceptors (Lipinski definition) is 5. The van der Waals surface area contributed by atoms with Crippen LogP contribution in [0.2, 0.25) is 0 Å². The van der Waals surface area contributed by atoms with E-state index < -0.39 is 10.0 Å². The molecular formula is C18H20N2O4S. The van der Waals surface area contributed by atoms with E-state index in [1.165, 1.54) is 4.31 Å². The van der Waals surface area contributed by atoms with Gasteiger partial charge in [0.1, 0.15) is 5.75 Å². The molecule has 0 spiro atoms. The van der Waals surface area contributed by atoms with Gasteiger partial charge in [0.2, 0.25) is 10.0 Å². The van der Waals surface area contributed by atoms with Crippen LogP contribution in [0.1, 0.15) is 11.1 Å². The number of aliphatic imine (C=N–C) groups is 1. The Balaban J connectivity index is 1.67. The molecule has 0 unspecified atom stereocenters. The molecule has 6 nitrogen and oxygen atoms in total. The minimum absolute atomic E-state index is 0.179. The summed E-state index contributed by atoms with van der Waals surface area (Å²) < 4.78 is 31.7. The molecule has 0 atom stereocenters. The average molecular weight is 360 g/mol. The first-order valence-corrected chi connectivity index (χ1v) is 9.46. The predicted octanol–water partition coefficient (Wildman–Crippen LogP) is 2.03. The standard InChI is InChI=1S/C18H20N2O4S/c21-18-4-2-1-3-16(18)14-19-13-15-5-7-17(8-6-15)25(22,23)20-9-11-24-12-10-20/h1-8,14,21H,9-13H2. The van der Waals surface area contributed by atoms with E-state index in [0.717, 1.165) is 5.56 Å². The van der Waals surface area contributed by atoms with Gasteiger partial charge in [-0.25, -0.2) is 8.42 Å². The number of nitrogens with zero attached hydrogens (tertiary/aromatic N) is 2. The van der Waals surface area contributed by atoms with E-state index in [-0.39, 0.29) is 10.6 Å². The van der Waals surface area contributed by atoms with Crippen LogP contribution in [0, 0.1) is 0 Å². The Morgan fingerprint density at radius 3 is 2.44 bits per heavy atom. The van der Waals surface area contributed by atoms with Crippen molar-refractivity contribution in [3.8, 4) is 5.75 Å². The van der Waals surface area contributed by atoms with Gasteiger partial charge in [-0.05, 0) is 29.8 Å². The Kier molecular flexibility index (Phi) is 5.47. The smallest absolute Gasteiger partial charge is 0.243 e. The van der Waals surface area contributed by atoms with Crippen molar-refractivity contribution in [2.75, 3.05) is 26.3 Å². The van der Waals surface area contributed by atoms with E-state index in [9.17, 15) is 13.5 Å².